The number of anilines is 4. The van der Waals surface area contributed by atoms with Gasteiger partial charge in [-0.25, -0.2) is 27.3 Å². The number of allylic oxidation sites excluding steroid dienone is 1. The molecule has 0 fully saturated rings. The second kappa shape index (κ2) is 36.9. The predicted octanol–water partition coefficient (Wildman–Crippen LogP) is 17.1. The molecule has 462 valence electrons. The van der Waals surface area contributed by atoms with Gasteiger partial charge in [-0.15, -0.1) is 4.47 Å². The smallest absolute Gasteiger partial charge is 0.414 e. The summed E-state index contributed by atoms with van der Waals surface area (Å²) < 4.78 is 61.1. The number of Topliss-reactive ketones (excluding diaryl/α,β-unsaturated/α-hetero) is 1. The zero-order valence-corrected chi connectivity index (χ0v) is 53.4. The number of rotatable bonds is 41. The van der Waals surface area contributed by atoms with Crippen LogP contribution in [0.4, 0.5) is 27.5 Å². The van der Waals surface area contributed by atoms with Gasteiger partial charge in [-0.2, -0.15) is 0 Å². The third-order valence-electron chi connectivity index (χ3n) is 14.4. The fourth-order valence-corrected chi connectivity index (χ4v) is 11.4. The van der Waals surface area contributed by atoms with Gasteiger partial charge in [0.25, 0.3) is 5.91 Å². The topological polar surface area (TPSA) is 196 Å². The number of para-hydroxylation sites is 2. The van der Waals surface area contributed by atoms with Crippen LogP contribution in [0.15, 0.2) is 77.2 Å². The van der Waals surface area contributed by atoms with E-state index < -0.39 is 44.9 Å². The molecule has 0 spiro atoms. The Morgan fingerprint density at radius 1 is 0.738 bits per heavy atom. The van der Waals surface area contributed by atoms with Crippen LogP contribution in [0.1, 0.15) is 204 Å². The standard InChI is InChI=1S/C65H92ClN5O11S2/c1-9-12-15-18-21-22-23-24-25-30-39-70(59-44-48(4)53(42-49(59)5)43-50(6)64-68-56-33-28-29-34-60(56)81-64)65(74)78-47-52-35-38-61(58(45-52)69-84(8,76)77)80-62(51(7)72)63(73)67-57-46-54(36-37-55(57)66)71(82-79-40-31-26-19-16-13-10-2)83(75)41-32-27-20-17-14-11-3/h28-29,33-38,42-46,62,69H,9-27,30-32,39-41,47H2,1-8H3,(H,67,73)/b50-43+. The summed E-state index contributed by atoms with van der Waals surface area (Å²) in [6, 6.07) is 20.6. The first kappa shape index (κ1) is 69.0. The highest BCUT2D eigenvalue weighted by molar-refractivity contribution is 7.92. The first-order valence-corrected chi connectivity index (χ1v) is 33.9. The van der Waals surface area contributed by atoms with Crippen LogP contribution in [0.25, 0.3) is 22.7 Å². The molecule has 4 aromatic carbocycles. The highest BCUT2D eigenvalue weighted by Gasteiger charge is 2.29. The van der Waals surface area contributed by atoms with Gasteiger partial charge in [-0.1, -0.05) is 178 Å². The number of halogens is 1. The molecular formula is C65H92ClN5O11S2. The monoisotopic (exact) mass is 1220 g/mol. The first-order chi connectivity index (χ1) is 40.4. The molecule has 5 rings (SSSR count). The number of sulfonamides is 1. The first-order valence-electron chi connectivity index (χ1n) is 30.4. The zero-order valence-electron chi connectivity index (χ0n) is 51.0. The van der Waals surface area contributed by atoms with Crippen molar-refractivity contribution in [2.24, 2.45) is 0 Å². The van der Waals surface area contributed by atoms with Crippen LogP contribution in [-0.2, 0) is 51.8 Å². The Bertz CT molecular complexity index is 3010. The van der Waals surface area contributed by atoms with Crippen molar-refractivity contribution >= 4 is 95.9 Å². The fraction of sp³-hybridized carbons (Fsp3) is 0.538. The molecule has 5 aromatic rings. The number of aryl methyl sites for hydroxylation is 2. The Hall–Kier alpha value is -5.79. The molecule has 2 amide bonds. The summed E-state index contributed by atoms with van der Waals surface area (Å²) in [6.45, 7) is 14.0. The summed E-state index contributed by atoms with van der Waals surface area (Å²) >= 11 is 6.63. The van der Waals surface area contributed by atoms with Crippen molar-refractivity contribution in [3.63, 3.8) is 0 Å². The molecule has 0 aliphatic heterocycles. The van der Waals surface area contributed by atoms with Crippen LogP contribution in [0.5, 0.6) is 5.75 Å². The number of amides is 2. The number of nitrogens with one attached hydrogen (secondary N) is 2. The summed E-state index contributed by atoms with van der Waals surface area (Å²) in [4.78, 5) is 59.3. The third-order valence-corrected chi connectivity index (χ3v) is 16.6. The van der Waals surface area contributed by atoms with Crippen LogP contribution in [-0.4, -0.2) is 66.7 Å². The average Bonchev–Trinajstić information content (AvgIpc) is 3.33. The van der Waals surface area contributed by atoms with Crippen molar-refractivity contribution in [1.82, 2.24) is 4.98 Å². The Kier molecular flexibility index (Phi) is 30.3. The number of carbonyl (C=O) groups excluding carboxylic acids is 3. The van der Waals surface area contributed by atoms with Crippen molar-refractivity contribution in [2.75, 3.05) is 44.6 Å². The number of ether oxygens (including phenoxy) is 2. The molecule has 1 heterocycles. The minimum absolute atomic E-state index is 0.0636. The summed E-state index contributed by atoms with van der Waals surface area (Å²) in [5, 5.41) is 2.77. The molecule has 0 aliphatic carbocycles. The molecule has 1 aromatic heterocycles. The Morgan fingerprint density at radius 2 is 1.36 bits per heavy atom. The number of hydrogen-bond donors (Lipinski definition) is 2. The van der Waals surface area contributed by atoms with Gasteiger partial charge in [-0.05, 0) is 130 Å². The van der Waals surface area contributed by atoms with E-state index in [0.29, 0.717) is 41.4 Å². The maximum atomic E-state index is 14.3. The van der Waals surface area contributed by atoms with Crippen LogP contribution in [0, 0.1) is 13.8 Å². The Morgan fingerprint density at radius 3 is 1.99 bits per heavy atom. The lowest BCUT2D eigenvalue weighted by Crippen LogP contribution is -2.39. The van der Waals surface area contributed by atoms with Crippen LogP contribution >= 0.6 is 11.6 Å². The summed E-state index contributed by atoms with van der Waals surface area (Å²) in [5.74, 6) is -0.936. The third kappa shape index (κ3) is 23.6. The van der Waals surface area contributed by atoms with Crippen molar-refractivity contribution in [3.05, 3.63) is 106 Å². The van der Waals surface area contributed by atoms with E-state index in [-0.39, 0.29) is 41.0 Å². The van der Waals surface area contributed by atoms with Gasteiger partial charge in [0.1, 0.15) is 28.9 Å². The molecule has 0 saturated carbocycles. The van der Waals surface area contributed by atoms with Crippen molar-refractivity contribution in [1.29, 1.82) is 0 Å². The molecule has 16 nitrogen and oxygen atoms in total. The van der Waals surface area contributed by atoms with E-state index in [0.717, 1.165) is 135 Å². The van der Waals surface area contributed by atoms with E-state index in [9.17, 15) is 27.0 Å². The highest BCUT2D eigenvalue weighted by Crippen LogP contribution is 2.34. The van der Waals surface area contributed by atoms with E-state index >= 15 is 0 Å². The molecule has 0 saturated heterocycles. The summed E-state index contributed by atoms with van der Waals surface area (Å²) in [5.41, 5.74) is 6.41. The number of benzene rings is 4. The largest absolute Gasteiger partial charge is 0.470 e. The van der Waals surface area contributed by atoms with Crippen LogP contribution in [0.3, 0.4) is 0 Å². The molecule has 84 heavy (non-hydrogen) atoms. The lowest BCUT2D eigenvalue weighted by Gasteiger charge is -2.25. The van der Waals surface area contributed by atoms with Crippen molar-refractivity contribution in [3.8, 4) is 5.75 Å². The molecular weight excluding hydrogens is 1130 g/mol. The van der Waals surface area contributed by atoms with Gasteiger partial charge >= 0.3 is 6.09 Å². The number of carbonyl (C=O) groups is 3. The van der Waals surface area contributed by atoms with E-state index in [1.54, 1.807) is 17.0 Å². The molecule has 0 bridgehead atoms. The van der Waals surface area contributed by atoms with Gasteiger partial charge in [0.15, 0.2) is 11.4 Å². The summed E-state index contributed by atoms with van der Waals surface area (Å²) in [7, 11) is -5.64. The molecule has 0 aliphatic rings. The Labute approximate surface area is 507 Å². The molecule has 19 heteroatoms. The normalized spacial score (nSPS) is 12.5. The van der Waals surface area contributed by atoms with Crippen LogP contribution < -0.4 is 24.1 Å². The van der Waals surface area contributed by atoms with E-state index in [1.807, 2.05) is 63.2 Å². The molecule has 2 unspecified atom stereocenters. The highest BCUT2D eigenvalue weighted by atomic mass is 35.5. The number of ketones is 1. The number of oxazole rings is 1. The average molecular weight is 1220 g/mol. The molecule has 0 radical (unpaired) electrons. The zero-order chi connectivity index (χ0) is 60.9. The Balaban J connectivity index is 1.33. The van der Waals surface area contributed by atoms with Crippen LogP contribution in [0.2, 0.25) is 5.02 Å². The van der Waals surface area contributed by atoms with Gasteiger partial charge in [0, 0.05) is 17.9 Å². The summed E-state index contributed by atoms with van der Waals surface area (Å²) in [6.07, 6.45) is 24.2. The molecule has 2 atom stereocenters. The number of fused-ring (bicyclic) bond motifs is 1. The fourth-order valence-electron chi connectivity index (χ4n) is 9.62. The van der Waals surface area contributed by atoms with Gasteiger partial charge in [0.05, 0.1) is 40.6 Å². The number of unbranched alkanes of at least 4 members (excludes halogenated alkanes) is 19. The van der Waals surface area contributed by atoms with Crippen molar-refractivity contribution in [2.45, 2.75) is 202 Å². The maximum Gasteiger partial charge on any atom is 0.414 e. The minimum atomic E-state index is -3.95. The minimum Gasteiger partial charge on any atom is -0.470 e. The number of hydrogen-bond acceptors (Lipinski definition) is 12. The number of aromatic nitrogens is 1. The van der Waals surface area contributed by atoms with E-state index in [2.05, 4.69) is 35.8 Å². The SMILES string of the molecule is CCCCCCCCCCCCN(C(=O)OCc1ccc(OC(C(C)=O)C(=O)Nc2cc(N(OOCCCCCCCC)S(=O)CCCCCCCC)ccc2Cl)c(NS(C)(=O)=O)c1)c1cc(C)c(/C=C(\C)c2nc3ccccc3o2)cc1C. The second-order valence-electron chi connectivity index (χ2n) is 21.9. The van der Waals surface area contributed by atoms with E-state index in [1.165, 1.54) is 69.2 Å². The van der Waals surface area contributed by atoms with Crippen molar-refractivity contribution < 1.29 is 50.8 Å². The lowest BCUT2D eigenvalue weighted by molar-refractivity contribution is -0.290. The number of nitrogens with zero attached hydrogens (tertiary/aromatic N) is 3. The van der Waals surface area contributed by atoms with Gasteiger partial charge < -0.3 is 19.2 Å². The van der Waals surface area contributed by atoms with E-state index in [4.69, 9.17) is 35.4 Å². The molecule has 2 N–H and O–H groups in total. The quantitative estimate of drug-likeness (QED) is 0.0163. The predicted molar refractivity (Wildman–Crippen MR) is 342 cm³/mol. The van der Waals surface area contributed by atoms with Gasteiger partial charge in [0.2, 0.25) is 22.0 Å². The lowest BCUT2D eigenvalue weighted by atomic mass is 10.0. The van der Waals surface area contributed by atoms with Gasteiger partial charge in [-0.3, -0.25) is 19.2 Å². The second-order valence-corrected chi connectivity index (χ2v) is 25.4. The maximum absolute atomic E-state index is 14.3.